The summed E-state index contributed by atoms with van der Waals surface area (Å²) in [5.41, 5.74) is 12.1. The maximum Gasteiger partial charge on any atom is 0.252 e. The van der Waals surface area contributed by atoms with Crippen molar-refractivity contribution in [2.45, 2.75) is 37.8 Å². The van der Waals surface area contributed by atoms with Crippen LogP contribution in [-0.2, 0) is 22.4 Å². The van der Waals surface area contributed by atoms with Crippen LogP contribution in [0.1, 0.15) is 40.3 Å². The number of carbonyl (C=O) groups is 1. The molecule has 46 heavy (non-hydrogen) atoms. The van der Waals surface area contributed by atoms with Crippen LogP contribution in [0.2, 0.25) is 10.0 Å². The Morgan fingerprint density at radius 2 is 1.85 bits per heavy atom. The first-order valence-corrected chi connectivity index (χ1v) is 15.6. The van der Waals surface area contributed by atoms with Gasteiger partial charge in [0, 0.05) is 57.8 Å². The highest BCUT2D eigenvalue weighted by Crippen LogP contribution is 2.46. The quantitative estimate of drug-likeness (QED) is 0.0656. The van der Waals surface area contributed by atoms with E-state index in [2.05, 4.69) is 15.3 Å². The number of azide groups is 1. The molecule has 2 N–H and O–H groups in total. The van der Waals surface area contributed by atoms with Gasteiger partial charge in [-0.05, 0) is 66.4 Å². The minimum absolute atomic E-state index is 0.0371. The van der Waals surface area contributed by atoms with Crippen LogP contribution in [0.4, 0.5) is 5.69 Å². The van der Waals surface area contributed by atoms with Crippen LogP contribution >= 0.6 is 23.2 Å². The van der Waals surface area contributed by atoms with Gasteiger partial charge < -0.3 is 19.9 Å². The fraction of sp³-hybridized carbons (Fsp3) is 0.257. The lowest BCUT2D eigenvalue weighted by molar-refractivity contribution is -0.128. The van der Waals surface area contributed by atoms with Crippen molar-refractivity contribution in [3.05, 3.63) is 139 Å². The molecule has 5 rings (SSSR count). The number of nitrogens with zero attached hydrogens (tertiary/aromatic N) is 4. The van der Waals surface area contributed by atoms with Crippen LogP contribution in [0, 0.1) is 6.92 Å². The first-order valence-electron chi connectivity index (χ1n) is 14.9. The van der Waals surface area contributed by atoms with Gasteiger partial charge in [0.15, 0.2) is 11.6 Å². The normalized spacial score (nSPS) is 17.0. The second kappa shape index (κ2) is 15.2. The summed E-state index contributed by atoms with van der Waals surface area (Å²) in [6.45, 7) is 2.79. The Kier molecular flexibility index (Phi) is 10.8. The summed E-state index contributed by atoms with van der Waals surface area (Å²) >= 11 is 13.0. The zero-order valence-electron chi connectivity index (χ0n) is 25.2. The topological polar surface area (TPSA) is 129 Å². The number of nitrogens with one attached hydrogen (secondary N) is 1. The molecular formula is C35H33Cl2N5O4. The Labute approximate surface area is 277 Å². The molecule has 0 aromatic heterocycles. The molecule has 0 radical (unpaired) electrons. The van der Waals surface area contributed by atoms with Gasteiger partial charge in [0.1, 0.15) is 5.75 Å². The zero-order chi connectivity index (χ0) is 32.5. The van der Waals surface area contributed by atoms with E-state index in [-0.39, 0.29) is 24.8 Å². The van der Waals surface area contributed by atoms with E-state index in [0.29, 0.717) is 64.2 Å². The molecule has 0 aliphatic carbocycles. The van der Waals surface area contributed by atoms with E-state index in [9.17, 15) is 10.3 Å². The number of halogens is 2. The number of hydrogen-bond donors (Lipinski definition) is 2. The second-order valence-electron chi connectivity index (χ2n) is 10.9. The molecule has 1 heterocycles. The van der Waals surface area contributed by atoms with Crippen molar-refractivity contribution in [1.82, 2.24) is 5.32 Å². The number of amides is 1. The fourth-order valence-corrected chi connectivity index (χ4v) is 5.81. The molecule has 4 aromatic carbocycles. The number of hydrogen-bond acceptors (Lipinski definition) is 6. The summed E-state index contributed by atoms with van der Waals surface area (Å²) in [6.07, 6.45) is 0.221. The molecule has 0 spiro atoms. The van der Waals surface area contributed by atoms with Gasteiger partial charge in [-0.25, -0.2) is 4.99 Å². The molecule has 2 atom stereocenters. The van der Waals surface area contributed by atoms with E-state index in [1.165, 1.54) is 0 Å². The van der Waals surface area contributed by atoms with Gasteiger partial charge in [-0.15, -0.1) is 0 Å². The number of carbonyl (C=O) groups excluding carboxylic acids is 1. The lowest BCUT2D eigenvalue weighted by Gasteiger charge is -2.31. The standard InChI is InChI=1S/C35H33Cl2N5O4/c1-23-7-9-24(10-8-23)17-18-39-34(44)35(22-26-5-2-3-6-31(26)41-42-38)32(29-16-13-27(36)21-30(29)37)46-33(40-35)25-11-14-28(15-12-25)45-20-4-19-43/h2-3,5-16,21,32,43H,4,17-20,22H2,1H3,(H,39,44)/t32-,35-/m1/s1. The van der Waals surface area contributed by atoms with Gasteiger partial charge in [-0.2, -0.15) is 0 Å². The maximum atomic E-state index is 14.5. The Morgan fingerprint density at radius 1 is 1.09 bits per heavy atom. The number of aliphatic hydroxyl groups is 1. The highest BCUT2D eigenvalue weighted by atomic mass is 35.5. The molecule has 4 aromatic rings. The molecule has 0 unspecified atom stereocenters. The summed E-state index contributed by atoms with van der Waals surface area (Å²) < 4.78 is 12.3. The average molecular weight is 659 g/mol. The number of aryl methyl sites for hydroxylation is 1. The largest absolute Gasteiger partial charge is 0.494 e. The maximum absolute atomic E-state index is 14.5. The number of ether oxygens (including phenoxy) is 2. The van der Waals surface area contributed by atoms with E-state index in [0.717, 1.165) is 11.1 Å². The van der Waals surface area contributed by atoms with Gasteiger partial charge in [-0.1, -0.05) is 88.5 Å². The first-order chi connectivity index (χ1) is 22.3. The molecule has 1 aliphatic rings. The molecule has 1 amide bonds. The summed E-state index contributed by atoms with van der Waals surface area (Å²) in [5, 5.41) is 16.8. The van der Waals surface area contributed by atoms with Crippen molar-refractivity contribution in [3.63, 3.8) is 0 Å². The Morgan fingerprint density at radius 3 is 2.57 bits per heavy atom. The lowest BCUT2D eigenvalue weighted by atomic mass is 9.81. The molecule has 0 saturated heterocycles. The average Bonchev–Trinajstić information content (AvgIpc) is 3.43. The van der Waals surface area contributed by atoms with E-state index < -0.39 is 11.6 Å². The summed E-state index contributed by atoms with van der Waals surface area (Å²) in [7, 11) is 0. The van der Waals surface area contributed by atoms with Gasteiger partial charge in [0.25, 0.3) is 5.91 Å². The van der Waals surface area contributed by atoms with Crippen LogP contribution in [0.5, 0.6) is 5.75 Å². The van der Waals surface area contributed by atoms with Gasteiger partial charge in [0.05, 0.1) is 6.61 Å². The zero-order valence-corrected chi connectivity index (χ0v) is 26.7. The number of benzene rings is 4. The summed E-state index contributed by atoms with van der Waals surface area (Å²) in [4.78, 5) is 22.5. The number of rotatable bonds is 13. The van der Waals surface area contributed by atoms with Crippen LogP contribution in [0.15, 0.2) is 101 Å². The molecule has 1 aliphatic heterocycles. The van der Waals surface area contributed by atoms with Crippen molar-refractivity contribution in [1.29, 1.82) is 0 Å². The van der Waals surface area contributed by atoms with Crippen molar-refractivity contribution in [3.8, 4) is 5.75 Å². The Hall–Kier alpha value is -4.53. The van der Waals surface area contributed by atoms with Crippen molar-refractivity contribution in [2.75, 3.05) is 19.8 Å². The highest BCUT2D eigenvalue weighted by Gasteiger charge is 2.54. The van der Waals surface area contributed by atoms with Crippen LogP contribution < -0.4 is 10.1 Å². The number of aliphatic imine (C=N–C) groups is 1. The minimum Gasteiger partial charge on any atom is -0.494 e. The van der Waals surface area contributed by atoms with Crippen LogP contribution in [-0.4, -0.2) is 42.2 Å². The van der Waals surface area contributed by atoms with Crippen LogP contribution in [0.25, 0.3) is 10.4 Å². The molecular weight excluding hydrogens is 625 g/mol. The van der Waals surface area contributed by atoms with Gasteiger partial charge in [0.2, 0.25) is 5.90 Å². The number of aliphatic hydroxyl groups excluding tert-OH is 1. The third-order valence-electron chi connectivity index (χ3n) is 7.70. The fourth-order valence-electron chi connectivity index (χ4n) is 5.30. The molecule has 236 valence electrons. The van der Waals surface area contributed by atoms with Crippen molar-refractivity contribution >= 4 is 40.7 Å². The van der Waals surface area contributed by atoms with E-state index >= 15 is 0 Å². The first kappa shape index (κ1) is 32.9. The predicted molar refractivity (Wildman–Crippen MR) is 180 cm³/mol. The smallest absolute Gasteiger partial charge is 0.252 e. The van der Waals surface area contributed by atoms with Gasteiger partial charge >= 0.3 is 0 Å². The lowest BCUT2D eigenvalue weighted by Crippen LogP contribution is -2.50. The molecule has 0 saturated carbocycles. The highest BCUT2D eigenvalue weighted by molar-refractivity contribution is 6.35. The molecule has 9 nitrogen and oxygen atoms in total. The monoisotopic (exact) mass is 657 g/mol. The van der Waals surface area contributed by atoms with Gasteiger partial charge in [-0.3, -0.25) is 4.79 Å². The molecule has 11 heteroatoms. The SMILES string of the molecule is Cc1ccc(CCNC(=O)[C@]2(Cc3ccccc3N=[N+]=[N-])N=C(c3ccc(OCCCO)cc3)O[C@@H]2c2ccc(Cl)cc2Cl)cc1. The van der Waals surface area contributed by atoms with E-state index in [4.69, 9.17) is 42.8 Å². The Bertz CT molecular complexity index is 1760. The summed E-state index contributed by atoms with van der Waals surface area (Å²) in [6, 6.07) is 27.4. The van der Waals surface area contributed by atoms with E-state index in [1.807, 2.05) is 37.3 Å². The minimum atomic E-state index is -1.54. The molecule has 0 bridgehead atoms. The predicted octanol–water partition coefficient (Wildman–Crippen LogP) is 7.86. The van der Waals surface area contributed by atoms with E-state index in [1.54, 1.807) is 60.7 Å². The third-order valence-corrected chi connectivity index (χ3v) is 8.26. The van der Waals surface area contributed by atoms with Crippen molar-refractivity contribution in [2.24, 2.45) is 10.1 Å². The summed E-state index contributed by atoms with van der Waals surface area (Å²) in [5.74, 6) is 0.495. The van der Waals surface area contributed by atoms with Crippen LogP contribution in [0.3, 0.4) is 0 Å². The molecule has 0 fully saturated rings. The van der Waals surface area contributed by atoms with Crippen molar-refractivity contribution < 1.29 is 19.4 Å². The Balaban J connectivity index is 1.58. The third kappa shape index (κ3) is 7.63. The second-order valence-corrected chi connectivity index (χ2v) is 11.8.